The maximum absolute atomic E-state index is 11.8. The highest BCUT2D eigenvalue weighted by atomic mass is 16.3. The van der Waals surface area contributed by atoms with Crippen LogP contribution in [0.4, 0.5) is 0 Å². The average Bonchev–Trinajstić information content (AvgIpc) is 2.90. The highest BCUT2D eigenvalue weighted by Crippen LogP contribution is 2.24. The first-order valence-corrected chi connectivity index (χ1v) is 6.94. The van der Waals surface area contributed by atoms with E-state index in [1.807, 2.05) is 4.90 Å². The number of hydrogen-bond acceptors (Lipinski definition) is 3. The van der Waals surface area contributed by atoms with E-state index in [9.17, 15) is 4.79 Å². The molecule has 4 nitrogen and oxygen atoms in total. The van der Waals surface area contributed by atoms with E-state index in [1.54, 1.807) is 0 Å². The van der Waals surface area contributed by atoms with Crippen LogP contribution < -0.4 is 0 Å². The number of carbonyl (C=O) groups is 1. The number of aliphatic hydroxyl groups is 1. The topological polar surface area (TPSA) is 43.8 Å². The quantitative estimate of drug-likeness (QED) is 0.792. The Labute approximate surface area is 104 Å². The Morgan fingerprint density at radius 2 is 1.76 bits per heavy atom. The van der Waals surface area contributed by atoms with Crippen LogP contribution in [0.25, 0.3) is 0 Å². The van der Waals surface area contributed by atoms with Crippen LogP contribution >= 0.6 is 0 Å². The van der Waals surface area contributed by atoms with Gasteiger partial charge in [-0.2, -0.15) is 0 Å². The molecule has 0 radical (unpaired) electrons. The number of piperazine rings is 1. The highest BCUT2D eigenvalue weighted by Gasteiger charge is 2.27. The number of aliphatic hydroxyl groups excluding tert-OH is 1. The maximum atomic E-state index is 11.8. The van der Waals surface area contributed by atoms with Crippen molar-refractivity contribution in [2.75, 3.05) is 32.8 Å². The lowest BCUT2D eigenvalue weighted by Gasteiger charge is -2.38. The van der Waals surface area contributed by atoms with Crippen LogP contribution in [0, 0.1) is 0 Å². The van der Waals surface area contributed by atoms with Gasteiger partial charge in [-0.1, -0.05) is 12.8 Å². The molecule has 98 valence electrons. The fourth-order valence-corrected chi connectivity index (χ4v) is 2.99. The molecule has 1 aliphatic heterocycles. The molecule has 1 saturated heterocycles. The minimum atomic E-state index is 0.119. The van der Waals surface area contributed by atoms with Crippen LogP contribution in [0.5, 0.6) is 0 Å². The minimum Gasteiger partial charge on any atom is -0.396 e. The number of amides is 1. The first-order chi connectivity index (χ1) is 8.31. The van der Waals surface area contributed by atoms with Crippen molar-refractivity contribution < 1.29 is 9.90 Å². The maximum Gasteiger partial charge on any atom is 0.222 e. The van der Waals surface area contributed by atoms with Gasteiger partial charge in [-0.15, -0.1) is 0 Å². The van der Waals surface area contributed by atoms with Crippen LogP contribution in [-0.2, 0) is 4.79 Å². The summed E-state index contributed by atoms with van der Waals surface area (Å²) in [6, 6.07) is 0.782. The molecule has 1 amide bonds. The van der Waals surface area contributed by atoms with Crippen LogP contribution in [0.1, 0.15) is 38.5 Å². The smallest absolute Gasteiger partial charge is 0.222 e. The van der Waals surface area contributed by atoms with Crippen molar-refractivity contribution >= 4 is 5.91 Å². The molecule has 1 heterocycles. The number of rotatable bonds is 4. The Morgan fingerprint density at radius 1 is 1.12 bits per heavy atom. The first-order valence-electron chi connectivity index (χ1n) is 6.94. The van der Waals surface area contributed by atoms with Gasteiger partial charge < -0.3 is 10.0 Å². The predicted molar refractivity (Wildman–Crippen MR) is 66.7 cm³/mol. The average molecular weight is 240 g/mol. The van der Waals surface area contributed by atoms with Gasteiger partial charge in [0.05, 0.1) is 0 Å². The SMILES string of the molecule is O=C(CCCO)N1CCN(C2CCCC2)CC1. The zero-order valence-electron chi connectivity index (χ0n) is 10.6. The standard InChI is InChI=1S/C13H24N2O2/c16-11-3-6-13(17)15-9-7-14(8-10-15)12-4-1-2-5-12/h12,16H,1-11H2. The second-order valence-corrected chi connectivity index (χ2v) is 5.18. The van der Waals surface area contributed by atoms with Gasteiger partial charge in [0.15, 0.2) is 0 Å². The molecule has 0 spiro atoms. The molecule has 1 N–H and O–H groups in total. The van der Waals surface area contributed by atoms with Gasteiger partial charge >= 0.3 is 0 Å². The Morgan fingerprint density at radius 3 is 2.35 bits per heavy atom. The Kier molecular flexibility index (Phi) is 4.80. The second kappa shape index (κ2) is 6.36. The van der Waals surface area contributed by atoms with Gasteiger partial charge in [0.1, 0.15) is 0 Å². The molecule has 0 aromatic rings. The van der Waals surface area contributed by atoms with Crippen LogP contribution in [0.3, 0.4) is 0 Å². The number of hydrogen-bond donors (Lipinski definition) is 1. The molecule has 2 fully saturated rings. The van der Waals surface area contributed by atoms with E-state index in [2.05, 4.69) is 4.90 Å². The van der Waals surface area contributed by atoms with Crippen molar-refractivity contribution in [3.8, 4) is 0 Å². The van der Waals surface area contributed by atoms with Gasteiger partial charge in [-0.25, -0.2) is 0 Å². The van der Waals surface area contributed by atoms with Crippen molar-refractivity contribution in [3.63, 3.8) is 0 Å². The number of carbonyl (C=O) groups excluding carboxylic acids is 1. The molecular weight excluding hydrogens is 216 g/mol. The molecule has 2 rings (SSSR count). The number of nitrogens with zero attached hydrogens (tertiary/aromatic N) is 2. The molecule has 1 aliphatic carbocycles. The van der Waals surface area contributed by atoms with E-state index < -0.39 is 0 Å². The summed E-state index contributed by atoms with van der Waals surface area (Å²) in [6.45, 7) is 3.94. The van der Waals surface area contributed by atoms with Crippen LogP contribution in [0.2, 0.25) is 0 Å². The highest BCUT2D eigenvalue weighted by molar-refractivity contribution is 5.76. The first kappa shape index (κ1) is 12.8. The Hall–Kier alpha value is -0.610. The second-order valence-electron chi connectivity index (χ2n) is 5.18. The van der Waals surface area contributed by atoms with Crippen molar-refractivity contribution in [2.24, 2.45) is 0 Å². The molecule has 17 heavy (non-hydrogen) atoms. The third-order valence-electron chi connectivity index (χ3n) is 4.06. The van der Waals surface area contributed by atoms with E-state index >= 15 is 0 Å². The summed E-state index contributed by atoms with van der Waals surface area (Å²) < 4.78 is 0. The summed E-state index contributed by atoms with van der Waals surface area (Å²) in [4.78, 5) is 16.3. The molecule has 0 unspecified atom stereocenters. The third kappa shape index (κ3) is 3.42. The van der Waals surface area contributed by atoms with E-state index in [0.717, 1.165) is 32.2 Å². The lowest BCUT2D eigenvalue weighted by atomic mass is 10.1. The normalized spacial score (nSPS) is 23.2. The van der Waals surface area contributed by atoms with E-state index in [1.165, 1.54) is 25.7 Å². The predicted octanol–water partition coefficient (Wildman–Crippen LogP) is 0.846. The summed E-state index contributed by atoms with van der Waals surface area (Å²) >= 11 is 0. The zero-order chi connectivity index (χ0) is 12.1. The summed E-state index contributed by atoms with van der Waals surface area (Å²) in [5.41, 5.74) is 0. The van der Waals surface area contributed by atoms with Gasteiger partial charge in [-0.05, 0) is 19.3 Å². The lowest BCUT2D eigenvalue weighted by Crippen LogP contribution is -2.51. The van der Waals surface area contributed by atoms with Gasteiger partial charge in [0.25, 0.3) is 0 Å². The Bertz CT molecular complexity index is 244. The van der Waals surface area contributed by atoms with Crippen LogP contribution in [-0.4, -0.2) is 59.6 Å². The summed E-state index contributed by atoms with van der Waals surface area (Å²) in [5.74, 6) is 0.213. The van der Waals surface area contributed by atoms with Crippen molar-refractivity contribution in [1.29, 1.82) is 0 Å². The molecule has 0 bridgehead atoms. The van der Waals surface area contributed by atoms with Gasteiger partial charge in [0, 0.05) is 45.2 Å². The minimum absolute atomic E-state index is 0.119. The largest absolute Gasteiger partial charge is 0.396 e. The molecular formula is C13H24N2O2. The molecule has 0 aromatic heterocycles. The molecule has 0 atom stereocenters. The fraction of sp³-hybridized carbons (Fsp3) is 0.923. The summed E-state index contributed by atoms with van der Waals surface area (Å²) in [6.07, 6.45) is 6.54. The monoisotopic (exact) mass is 240 g/mol. The van der Waals surface area contributed by atoms with Gasteiger partial charge in [0.2, 0.25) is 5.91 Å². The molecule has 2 aliphatic rings. The van der Waals surface area contributed by atoms with Gasteiger partial charge in [-0.3, -0.25) is 9.69 Å². The molecule has 1 saturated carbocycles. The van der Waals surface area contributed by atoms with E-state index in [4.69, 9.17) is 5.11 Å². The van der Waals surface area contributed by atoms with Crippen molar-refractivity contribution in [1.82, 2.24) is 9.80 Å². The van der Waals surface area contributed by atoms with Crippen molar-refractivity contribution in [3.05, 3.63) is 0 Å². The van der Waals surface area contributed by atoms with E-state index in [0.29, 0.717) is 12.8 Å². The van der Waals surface area contributed by atoms with Crippen LogP contribution in [0.15, 0.2) is 0 Å². The molecule has 4 heteroatoms. The lowest BCUT2D eigenvalue weighted by molar-refractivity contribution is -0.133. The molecule has 0 aromatic carbocycles. The fourth-order valence-electron chi connectivity index (χ4n) is 2.99. The Balaban J connectivity index is 1.71. The zero-order valence-corrected chi connectivity index (χ0v) is 10.6. The van der Waals surface area contributed by atoms with E-state index in [-0.39, 0.29) is 12.5 Å². The summed E-state index contributed by atoms with van der Waals surface area (Å²) in [7, 11) is 0. The van der Waals surface area contributed by atoms with Crippen molar-refractivity contribution in [2.45, 2.75) is 44.6 Å². The third-order valence-corrected chi connectivity index (χ3v) is 4.06. The summed E-state index contributed by atoms with van der Waals surface area (Å²) in [5, 5.41) is 8.72.